The number of nitrogens with two attached hydrogens (primary N) is 1. The lowest BCUT2D eigenvalue weighted by Gasteiger charge is -2.24. The molecule has 1 aromatic rings. The molecule has 4 nitrogen and oxygen atoms in total. The van der Waals surface area contributed by atoms with Crippen molar-refractivity contribution in [2.45, 2.75) is 38.1 Å². The molecule has 0 amide bonds. The van der Waals surface area contributed by atoms with Crippen LogP contribution in [0, 0.1) is 0 Å². The lowest BCUT2D eigenvalue weighted by atomic mass is 10.1. The number of rotatable bonds is 6. The first-order chi connectivity index (χ1) is 8.84. The lowest BCUT2D eigenvalue weighted by Crippen LogP contribution is -2.37. The van der Waals surface area contributed by atoms with Gasteiger partial charge in [0.2, 0.25) is 10.0 Å². The fraction of sp³-hybridized carbons (Fsp3) is 0.429. The zero-order chi connectivity index (χ0) is 14.6. The fourth-order valence-corrected chi connectivity index (χ4v) is 3.55. The Morgan fingerprint density at radius 2 is 2.05 bits per heavy atom. The van der Waals surface area contributed by atoms with E-state index in [0.29, 0.717) is 5.69 Å². The molecule has 1 rings (SSSR count). The van der Waals surface area contributed by atoms with Crippen LogP contribution in [0.4, 0.5) is 5.69 Å². The van der Waals surface area contributed by atoms with Gasteiger partial charge in [0, 0.05) is 18.3 Å². The van der Waals surface area contributed by atoms with E-state index >= 15 is 0 Å². The Hall–Kier alpha value is -1.33. The third-order valence-electron chi connectivity index (χ3n) is 2.99. The van der Waals surface area contributed by atoms with Gasteiger partial charge in [-0.2, -0.15) is 4.31 Å². The van der Waals surface area contributed by atoms with E-state index < -0.39 is 10.0 Å². The molecule has 0 unspecified atom stereocenters. The molecule has 0 saturated heterocycles. The molecule has 0 heterocycles. The Morgan fingerprint density at radius 3 is 2.47 bits per heavy atom. The number of nitrogen functional groups attached to an aromatic ring is 1. The quantitative estimate of drug-likeness (QED) is 0.644. The summed E-state index contributed by atoms with van der Waals surface area (Å²) in [5.74, 6) is 0. The van der Waals surface area contributed by atoms with Gasteiger partial charge in [0.25, 0.3) is 0 Å². The number of nitrogens with zero attached hydrogens (tertiary/aromatic N) is 1. The van der Waals surface area contributed by atoms with Crippen molar-refractivity contribution in [3.8, 4) is 0 Å². The Morgan fingerprint density at radius 1 is 1.42 bits per heavy atom. The van der Waals surface area contributed by atoms with Crippen LogP contribution in [0.15, 0.2) is 35.7 Å². The summed E-state index contributed by atoms with van der Waals surface area (Å²) in [6, 6.07) is 4.79. The highest BCUT2D eigenvalue weighted by Gasteiger charge is 2.26. The average molecular weight is 282 g/mol. The highest BCUT2D eigenvalue weighted by molar-refractivity contribution is 7.89. The van der Waals surface area contributed by atoms with Crippen LogP contribution >= 0.6 is 0 Å². The number of benzene rings is 1. The van der Waals surface area contributed by atoms with Crippen LogP contribution in [0.3, 0.4) is 0 Å². The van der Waals surface area contributed by atoms with E-state index in [-0.39, 0.29) is 17.5 Å². The van der Waals surface area contributed by atoms with Gasteiger partial charge in [-0.25, -0.2) is 8.42 Å². The molecule has 0 spiro atoms. The van der Waals surface area contributed by atoms with Crippen molar-refractivity contribution >= 4 is 15.7 Å². The molecule has 0 aliphatic heterocycles. The Kier molecular flexibility index (Phi) is 5.14. The molecule has 2 N–H and O–H groups in total. The Bertz CT molecular complexity index is 551. The minimum absolute atomic E-state index is 0.130. The Labute approximate surface area is 116 Å². The predicted octanol–water partition coefficient (Wildman–Crippen LogP) is 2.42. The zero-order valence-corrected chi connectivity index (χ0v) is 12.6. The third-order valence-corrected chi connectivity index (χ3v) is 5.03. The first kappa shape index (κ1) is 15.7. The van der Waals surface area contributed by atoms with Gasteiger partial charge in [-0.3, -0.25) is 0 Å². The molecule has 0 saturated carbocycles. The van der Waals surface area contributed by atoms with Crippen molar-refractivity contribution in [3.05, 3.63) is 36.4 Å². The van der Waals surface area contributed by atoms with Crippen LogP contribution < -0.4 is 5.73 Å². The van der Waals surface area contributed by atoms with E-state index in [1.807, 2.05) is 20.8 Å². The summed E-state index contributed by atoms with van der Waals surface area (Å²) in [7, 11) is -3.53. The van der Waals surface area contributed by atoms with Gasteiger partial charge in [0.05, 0.1) is 4.90 Å². The number of hydrogen-bond acceptors (Lipinski definition) is 3. The zero-order valence-electron chi connectivity index (χ0n) is 11.8. The van der Waals surface area contributed by atoms with Crippen LogP contribution in [-0.4, -0.2) is 25.3 Å². The molecule has 0 atom stereocenters. The van der Waals surface area contributed by atoms with E-state index in [4.69, 9.17) is 5.73 Å². The van der Waals surface area contributed by atoms with Crippen LogP contribution in [-0.2, 0) is 16.4 Å². The number of anilines is 1. The standard InChI is InChI=1S/C14H22N2O2S/c1-5-9-16(11(3)4)19(17,18)13-8-7-12(6-2)14(15)10-13/h5,7-8,10-11H,1,6,9,15H2,2-4H3. The molecule has 0 fully saturated rings. The molecular weight excluding hydrogens is 260 g/mol. The van der Waals surface area contributed by atoms with E-state index in [1.54, 1.807) is 18.2 Å². The molecule has 0 aromatic heterocycles. The van der Waals surface area contributed by atoms with Crippen LogP contribution in [0.5, 0.6) is 0 Å². The van der Waals surface area contributed by atoms with Gasteiger partial charge in [-0.1, -0.05) is 19.1 Å². The van der Waals surface area contributed by atoms with Crippen molar-refractivity contribution in [1.29, 1.82) is 0 Å². The van der Waals surface area contributed by atoms with Gasteiger partial charge in [0.15, 0.2) is 0 Å². The highest BCUT2D eigenvalue weighted by Crippen LogP contribution is 2.23. The monoisotopic (exact) mass is 282 g/mol. The van der Waals surface area contributed by atoms with Gasteiger partial charge >= 0.3 is 0 Å². The molecule has 106 valence electrons. The maximum absolute atomic E-state index is 12.5. The molecule has 19 heavy (non-hydrogen) atoms. The minimum atomic E-state index is -3.53. The number of sulfonamides is 1. The Balaban J connectivity index is 3.25. The van der Waals surface area contributed by atoms with Gasteiger partial charge in [0.1, 0.15) is 0 Å². The third kappa shape index (κ3) is 3.36. The highest BCUT2D eigenvalue weighted by atomic mass is 32.2. The van der Waals surface area contributed by atoms with Crippen molar-refractivity contribution < 1.29 is 8.42 Å². The molecule has 0 bridgehead atoms. The first-order valence-electron chi connectivity index (χ1n) is 6.35. The van der Waals surface area contributed by atoms with Crippen LogP contribution in [0.2, 0.25) is 0 Å². The van der Waals surface area contributed by atoms with Crippen molar-refractivity contribution in [2.75, 3.05) is 12.3 Å². The second kappa shape index (κ2) is 6.21. The second-order valence-corrected chi connectivity index (χ2v) is 6.56. The van der Waals surface area contributed by atoms with Crippen molar-refractivity contribution in [1.82, 2.24) is 4.31 Å². The van der Waals surface area contributed by atoms with Gasteiger partial charge in [-0.15, -0.1) is 6.58 Å². The summed E-state index contributed by atoms with van der Waals surface area (Å²) >= 11 is 0. The molecule has 0 aliphatic rings. The lowest BCUT2D eigenvalue weighted by molar-refractivity contribution is 0.383. The van der Waals surface area contributed by atoms with Gasteiger partial charge < -0.3 is 5.73 Å². The van der Waals surface area contributed by atoms with Gasteiger partial charge in [-0.05, 0) is 38.0 Å². The number of hydrogen-bond donors (Lipinski definition) is 1. The largest absolute Gasteiger partial charge is 0.398 e. The van der Waals surface area contributed by atoms with Crippen LogP contribution in [0.1, 0.15) is 26.3 Å². The summed E-state index contributed by atoms with van der Waals surface area (Å²) in [4.78, 5) is 0.234. The average Bonchev–Trinajstić information content (AvgIpc) is 2.35. The van der Waals surface area contributed by atoms with E-state index in [0.717, 1.165) is 12.0 Å². The van der Waals surface area contributed by atoms with Crippen molar-refractivity contribution in [3.63, 3.8) is 0 Å². The maximum Gasteiger partial charge on any atom is 0.243 e. The first-order valence-corrected chi connectivity index (χ1v) is 7.79. The van der Waals surface area contributed by atoms with E-state index in [9.17, 15) is 8.42 Å². The summed E-state index contributed by atoms with van der Waals surface area (Å²) in [5, 5.41) is 0. The maximum atomic E-state index is 12.5. The van der Waals surface area contributed by atoms with Crippen LogP contribution in [0.25, 0.3) is 0 Å². The predicted molar refractivity (Wildman–Crippen MR) is 79.5 cm³/mol. The molecule has 1 aromatic carbocycles. The molecule has 0 radical (unpaired) electrons. The van der Waals surface area contributed by atoms with Crippen molar-refractivity contribution in [2.24, 2.45) is 0 Å². The van der Waals surface area contributed by atoms with E-state index in [1.165, 1.54) is 10.4 Å². The summed E-state index contributed by atoms with van der Waals surface area (Å²) in [6.45, 7) is 9.55. The summed E-state index contributed by atoms with van der Waals surface area (Å²) in [6.07, 6.45) is 2.37. The normalized spacial score (nSPS) is 12.1. The molecular formula is C14H22N2O2S. The number of aryl methyl sites for hydroxylation is 1. The summed E-state index contributed by atoms with van der Waals surface area (Å²) in [5.41, 5.74) is 7.35. The minimum Gasteiger partial charge on any atom is -0.398 e. The molecule has 5 heteroatoms. The van der Waals surface area contributed by atoms with E-state index in [2.05, 4.69) is 6.58 Å². The molecule has 0 aliphatic carbocycles. The summed E-state index contributed by atoms with van der Waals surface area (Å²) < 4.78 is 26.5. The SMILES string of the molecule is C=CCN(C(C)C)S(=O)(=O)c1ccc(CC)c(N)c1. The topological polar surface area (TPSA) is 63.4 Å². The smallest absolute Gasteiger partial charge is 0.243 e. The fourth-order valence-electron chi connectivity index (χ4n) is 1.90. The second-order valence-electron chi connectivity index (χ2n) is 4.67.